The number of hydrogen-bond donors (Lipinski definition) is 0. The summed E-state index contributed by atoms with van der Waals surface area (Å²) < 4.78 is 27.0. The molecule has 0 heterocycles. The smallest absolute Gasteiger partial charge is 0.374 e. The van der Waals surface area contributed by atoms with Crippen molar-refractivity contribution in [3.05, 3.63) is 0 Å². The summed E-state index contributed by atoms with van der Waals surface area (Å²) in [5.74, 6) is 0.510. The van der Waals surface area contributed by atoms with Crippen molar-refractivity contribution in [2.75, 3.05) is 41.4 Å². The van der Waals surface area contributed by atoms with Gasteiger partial charge in [0.1, 0.15) is 0 Å². The molecule has 0 spiro atoms. The van der Waals surface area contributed by atoms with Crippen LogP contribution in [0.25, 0.3) is 0 Å². The fraction of sp³-hybridized carbons (Fsp3) is 1.00. The van der Waals surface area contributed by atoms with Crippen LogP contribution in [0.4, 0.5) is 0 Å². The van der Waals surface area contributed by atoms with Gasteiger partial charge in [0.25, 0.3) is 0 Å². The Hall–Kier alpha value is 0.307. The van der Waals surface area contributed by atoms with E-state index in [1.165, 1.54) is 35.5 Å². The molecule has 5 nitrogen and oxygen atoms in total. The van der Waals surface area contributed by atoms with Gasteiger partial charge >= 0.3 is 8.80 Å². The van der Waals surface area contributed by atoms with Crippen molar-refractivity contribution >= 4 is 20.4 Å². The predicted octanol–water partition coefficient (Wildman–Crippen LogP) is 1.41. The summed E-state index contributed by atoms with van der Waals surface area (Å²) in [6, 6.07) is 0. The molecule has 0 aliphatic carbocycles. The van der Waals surface area contributed by atoms with E-state index in [9.17, 15) is 0 Å². The molecule has 0 bridgehead atoms. The third-order valence-electron chi connectivity index (χ3n) is 2.57. The molecule has 0 rings (SSSR count). The lowest BCUT2D eigenvalue weighted by Gasteiger charge is -2.40. The second kappa shape index (κ2) is 7.60. The van der Waals surface area contributed by atoms with Crippen LogP contribution < -0.4 is 0 Å². The first-order chi connectivity index (χ1) is 7.61. The van der Waals surface area contributed by atoms with E-state index in [-0.39, 0.29) is 0 Å². The number of methoxy groups -OCH3 is 2. The Labute approximate surface area is 103 Å². The zero-order valence-corrected chi connectivity index (χ0v) is 12.3. The van der Waals surface area contributed by atoms with Crippen LogP contribution in [0.3, 0.4) is 0 Å². The molecule has 0 radical (unpaired) electrons. The maximum Gasteiger partial charge on any atom is 0.562 e. The monoisotopic (exact) mass is 272 g/mol. The maximum atomic E-state index is 5.68. The van der Waals surface area contributed by atoms with E-state index in [4.69, 9.17) is 34.4 Å². The van der Waals surface area contributed by atoms with Crippen molar-refractivity contribution in [1.29, 1.82) is 0 Å². The lowest BCUT2D eigenvalue weighted by Crippen LogP contribution is -2.65. The number of halogens is 1. The first kappa shape index (κ1) is 16.3. The molecule has 0 aromatic rings. The van der Waals surface area contributed by atoms with E-state index < -0.39 is 14.2 Å². The maximum absolute atomic E-state index is 5.68. The van der Waals surface area contributed by atoms with Gasteiger partial charge < -0.3 is 22.8 Å². The average molecular weight is 273 g/mol. The predicted molar refractivity (Wildman–Crippen MR) is 63.5 cm³/mol. The summed E-state index contributed by atoms with van der Waals surface area (Å²) in [5.41, 5.74) is -1.01. The zero-order valence-electron chi connectivity index (χ0n) is 10.5. The molecule has 7 heteroatoms. The SMILES string of the molecule is COC(CCCCl)(OC)[Si](OC)(OC)OC. The van der Waals surface area contributed by atoms with Crippen LogP contribution in [0, 0.1) is 0 Å². The fourth-order valence-electron chi connectivity index (χ4n) is 1.71. The Morgan fingerprint density at radius 3 is 1.62 bits per heavy atom. The minimum absolute atomic E-state index is 0.510. The number of alkyl halides is 1. The Morgan fingerprint density at radius 1 is 0.938 bits per heavy atom. The van der Waals surface area contributed by atoms with Gasteiger partial charge in [-0.25, -0.2) is 0 Å². The van der Waals surface area contributed by atoms with Crippen molar-refractivity contribution in [3.63, 3.8) is 0 Å². The van der Waals surface area contributed by atoms with Gasteiger partial charge in [-0.3, -0.25) is 0 Å². The largest absolute Gasteiger partial charge is 0.562 e. The van der Waals surface area contributed by atoms with Gasteiger partial charge in [-0.2, -0.15) is 0 Å². The molecule has 0 atom stereocenters. The molecule has 0 aliphatic heterocycles. The van der Waals surface area contributed by atoms with E-state index in [2.05, 4.69) is 0 Å². The Kier molecular flexibility index (Phi) is 7.74. The molecule has 16 heavy (non-hydrogen) atoms. The van der Waals surface area contributed by atoms with Gasteiger partial charge in [0.15, 0.2) is 0 Å². The summed E-state index contributed by atoms with van der Waals surface area (Å²) in [6.07, 6.45) is 1.26. The molecule has 0 amide bonds. The highest BCUT2D eigenvalue weighted by Gasteiger charge is 2.61. The Morgan fingerprint density at radius 2 is 1.38 bits per heavy atom. The summed E-state index contributed by atoms with van der Waals surface area (Å²) in [5, 5.41) is 0. The summed E-state index contributed by atoms with van der Waals surface area (Å²) >= 11 is 5.68. The topological polar surface area (TPSA) is 46.2 Å². The molecular formula is C9H21ClO5Si. The third-order valence-corrected chi connectivity index (χ3v) is 6.04. The quantitative estimate of drug-likeness (QED) is 0.361. The van der Waals surface area contributed by atoms with E-state index in [0.29, 0.717) is 18.7 Å². The summed E-state index contributed by atoms with van der Waals surface area (Å²) in [6.45, 7) is 0. The van der Waals surface area contributed by atoms with Crippen LogP contribution in [-0.4, -0.2) is 55.6 Å². The molecule has 0 aromatic heterocycles. The Balaban J connectivity index is 5.09. The third kappa shape index (κ3) is 2.95. The molecule has 0 fully saturated rings. The van der Waals surface area contributed by atoms with Crippen molar-refractivity contribution in [1.82, 2.24) is 0 Å². The molecule has 0 unspecified atom stereocenters. The average Bonchev–Trinajstić information content (AvgIpc) is 2.35. The number of ether oxygens (including phenoxy) is 2. The molecule has 0 aliphatic rings. The summed E-state index contributed by atoms with van der Waals surface area (Å²) in [7, 11) is 4.60. The van der Waals surface area contributed by atoms with Crippen molar-refractivity contribution in [3.8, 4) is 0 Å². The van der Waals surface area contributed by atoms with Crippen LogP contribution in [-0.2, 0) is 22.8 Å². The van der Waals surface area contributed by atoms with Gasteiger partial charge in [0, 0.05) is 47.8 Å². The summed E-state index contributed by atoms with van der Waals surface area (Å²) in [4.78, 5) is 0. The van der Waals surface area contributed by atoms with Crippen LogP contribution in [0.15, 0.2) is 0 Å². The highest BCUT2D eigenvalue weighted by Crippen LogP contribution is 2.31. The zero-order chi connectivity index (χ0) is 12.7. The second-order valence-electron chi connectivity index (χ2n) is 3.12. The van der Waals surface area contributed by atoms with Gasteiger partial charge in [0.2, 0.25) is 5.41 Å². The van der Waals surface area contributed by atoms with Crippen LogP contribution in [0.1, 0.15) is 12.8 Å². The molecule has 98 valence electrons. The second-order valence-corrected chi connectivity index (χ2v) is 6.60. The van der Waals surface area contributed by atoms with E-state index in [1.807, 2.05) is 0 Å². The van der Waals surface area contributed by atoms with Gasteiger partial charge in [-0.1, -0.05) is 0 Å². The van der Waals surface area contributed by atoms with Crippen molar-refractivity contribution in [2.45, 2.75) is 18.3 Å². The molecule has 0 saturated carbocycles. The first-order valence-electron chi connectivity index (χ1n) is 4.93. The molecule has 0 aromatic carbocycles. The normalized spacial score (nSPS) is 13.1. The molecule has 0 saturated heterocycles. The molecular weight excluding hydrogens is 252 g/mol. The highest BCUT2D eigenvalue weighted by molar-refractivity contribution is 6.63. The highest BCUT2D eigenvalue weighted by atomic mass is 35.5. The molecule has 0 N–H and O–H groups in total. The van der Waals surface area contributed by atoms with E-state index in [0.717, 1.165) is 0 Å². The van der Waals surface area contributed by atoms with Crippen LogP contribution in [0.2, 0.25) is 0 Å². The van der Waals surface area contributed by atoms with E-state index in [1.54, 1.807) is 0 Å². The van der Waals surface area contributed by atoms with Gasteiger partial charge in [-0.15, -0.1) is 11.6 Å². The van der Waals surface area contributed by atoms with Crippen molar-refractivity contribution in [2.24, 2.45) is 0 Å². The lowest BCUT2D eigenvalue weighted by atomic mass is 10.3. The van der Waals surface area contributed by atoms with Crippen LogP contribution in [0.5, 0.6) is 0 Å². The van der Waals surface area contributed by atoms with Crippen molar-refractivity contribution < 1.29 is 22.8 Å². The first-order valence-corrected chi connectivity index (χ1v) is 7.19. The lowest BCUT2D eigenvalue weighted by molar-refractivity contribution is -0.195. The van der Waals surface area contributed by atoms with E-state index >= 15 is 0 Å². The van der Waals surface area contributed by atoms with Gasteiger partial charge in [-0.05, 0) is 6.42 Å². The minimum atomic E-state index is -3.04. The number of rotatable bonds is 9. The minimum Gasteiger partial charge on any atom is -0.374 e. The van der Waals surface area contributed by atoms with Crippen LogP contribution >= 0.6 is 11.6 Å². The fourth-order valence-corrected chi connectivity index (χ4v) is 4.26. The Bertz CT molecular complexity index is 176. The standard InChI is InChI=1S/C9H21ClO5Si/c1-11-9(12-2,7-6-8-10)16(13-3,14-4)15-5/h6-8H2,1-5H3. The number of hydrogen-bond acceptors (Lipinski definition) is 5. The van der Waals surface area contributed by atoms with Gasteiger partial charge in [0.05, 0.1) is 0 Å².